The number of nitro groups is 1. The fourth-order valence-electron chi connectivity index (χ4n) is 1.89. The number of rotatable bonds is 5. The van der Waals surface area contributed by atoms with Crippen molar-refractivity contribution in [3.05, 3.63) is 69.8 Å². The highest BCUT2D eigenvalue weighted by Gasteiger charge is 2.10. The van der Waals surface area contributed by atoms with E-state index in [1.165, 1.54) is 19.4 Å². The number of nitrogens with one attached hydrogen (secondary N) is 2. The van der Waals surface area contributed by atoms with Gasteiger partial charge in [-0.15, -0.1) is 0 Å². The van der Waals surface area contributed by atoms with Gasteiger partial charge in [0.1, 0.15) is 0 Å². The number of hydrogen-bond acceptors (Lipinski definition) is 6. The van der Waals surface area contributed by atoms with Gasteiger partial charge in [0.2, 0.25) is 0 Å². The summed E-state index contributed by atoms with van der Waals surface area (Å²) in [6.07, 6.45) is 1.31. The molecule has 0 fully saturated rings. The van der Waals surface area contributed by atoms with E-state index in [1.54, 1.807) is 42.5 Å². The van der Waals surface area contributed by atoms with Crippen molar-refractivity contribution >= 4 is 40.9 Å². The van der Waals surface area contributed by atoms with Crippen molar-refractivity contribution in [3.63, 3.8) is 0 Å². The Kier molecular flexibility index (Phi) is 6.13. The molecule has 0 aromatic heterocycles. The van der Waals surface area contributed by atoms with Crippen molar-refractivity contribution in [1.82, 2.24) is 5.43 Å². The fraction of sp³-hybridized carbons (Fsp3) is 0.0625. The lowest BCUT2D eigenvalue weighted by Crippen LogP contribution is -2.23. The van der Waals surface area contributed by atoms with Crippen LogP contribution >= 0.6 is 12.2 Å². The van der Waals surface area contributed by atoms with Gasteiger partial charge in [-0.25, -0.2) is 4.79 Å². The smallest absolute Gasteiger partial charge is 0.337 e. The molecule has 0 saturated carbocycles. The largest absolute Gasteiger partial charge is 0.465 e. The first kappa shape index (κ1) is 18.0. The third kappa shape index (κ3) is 5.08. The van der Waals surface area contributed by atoms with Crippen LogP contribution in [0.5, 0.6) is 0 Å². The van der Waals surface area contributed by atoms with E-state index in [1.807, 2.05) is 0 Å². The second kappa shape index (κ2) is 8.50. The Balaban J connectivity index is 1.95. The maximum Gasteiger partial charge on any atom is 0.337 e. The molecule has 0 aliphatic carbocycles. The van der Waals surface area contributed by atoms with Crippen molar-refractivity contribution in [2.45, 2.75) is 0 Å². The first-order valence-corrected chi connectivity index (χ1v) is 7.44. The maximum absolute atomic E-state index is 11.4. The number of anilines is 1. The van der Waals surface area contributed by atoms with E-state index >= 15 is 0 Å². The van der Waals surface area contributed by atoms with Crippen LogP contribution in [0.15, 0.2) is 53.6 Å². The Bertz CT molecular complexity index is 821. The predicted molar refractivity (Wildman–Crippen MR) is 97.8 cm³/mol. The van der Waals surface area contributed by atoms with Gasteiger partial charge in [0, 0.05) is 11.8 Å². The summed E-state index contributed by atoms with van der Waals surface area (Å²) in [6.45, 7) is 0. The van der Waals surface area contributed by atoms with Crippen LogP contribution in [0.3, 0.4) is 0 Å². The molecule has 8 nitrogen and oxygen atoms in total. The van der Waals surface area contributed by atoms with Crippen molar-refractivity contribution in [3.8, 4) is 0 Å². The number of hydrazone groups is 1. The quantitative estimate of drug-likeness (QED) is 0.278. The van der Waals surface area contributed by atoms with Crippen molar-refractivity contribution in [2.24, 2.45) is 5.10 Å². The van der Waals surface area contributed by atoms with Crippen LogP contribution in [0.25, 0.3) is 0 Å². The van der Waals surface area contributed by atoms with Crippen LogP contribution in [0.2, 0.25) is 0 Å². The highest BCUT2D eigenvalue weighted by atomic mass is 32.1. The van der Waals surface area contributed by atoms with Gasteiger partial charge in [0.25, 0.3) is 5.69 Å². The Labute approximate surface area is 148 Å². The molecule has 0 aliphatic heterocycles. The first-order valence-electron chi connectivity index (χ1n) is 7.03. The Morgan fingerprint density at radius 3 is 2.56 bits per heavy atom. The second-order valence-corrected chi connectivity index (χ2v) is 5.12. The molecule has 0 atom stereocenters. The van der Waals surface area contributed by atoms with Gasteiger partial charge in [-0.1, -0.05) is 12.1 Å². The van der Waals surface area contributed by atoms with Gasteiger partial charge in [-0.05, 0) is 42.5 Å². The molecule has 0 bridgehead atoms. The normalized spacial score (nSPS) is 10.3. The summed E-state index contributed by atoms with van der Waals surface area (Å²) in [7, 11) is 1.31. The summed E-state index contributed by atoms with van der Waals surface area (Å²) >= 11 is 5.08. The zero-order valence-corrected chi connectivity index (χ0v) is 13.9. The average Bonchev–Trinajstić information content (AvgIpc) is 2.62. The molecular weight excluding hydrogens is 344 g/mol. The number of carbonyl (C=O) groups is 1. The number of thiocarbonyl (C=S) groups is 1. The van der Waals surface area contributed by atoms with Gasteiger partial charge in [-0.2, -0.15) is 5.10 Å². The fourth-order valence-corrected chi connectivity index (χ4v) is 2.06. The number of nitro benzene ring substituents is 1. The zero-order valence-electron chi connectivity index (χ0n) is 13.1. The summed E-state index contributed by atoms with van der Waals surface area (Å²) < 4.78 is 4.61. The number of methoxy groups -OCH3 is 1. The maximum atomic E-state index is 11.4. The standard InChI is InChI=1S/C16H14N4O4S/c1-24-15(21)11-6-8-13(9-7-11)18-16(25)19-17-10-12-4-2-3-5-14(12)20(22)23/h2-10H,1H3,(H2,18,19,25). The van der Waals surface area contributed by atoms with Gasteiger partial charge in [-0.3, -0.25) is 15.5 Å². The Morgan fingerprint density at radius 1 is 1.24 bits per heavy atom. The van der Waals surface area contributed by atoms with Crippen molar-refractivity contribution in [2.75, 3.05) is 12.4 Å². The number of esters is 1. The Morgan fingerprint density at radius 2 is 1.92 bits per heavy atom. The van der Waals surface area contributed by atoms with E-state index in [-0.39, 0.29) is 10.8 Å². The van der Waals surface area contributed by atoms with Crippen molar-refractivity contribution in [1.29, 1.82) is 0 Å². The molecule has 0 unspecified atom stereocenters. The van der Waals surface area contributed by atoms with Gasteiger partial charge in [0.05, 0.1) is 29.4 Å². The predicted octanol–water partition coefficient (Wildman–Crippen LogP) is 2.70. The number of para-hydroxylation sites is 1. The number of benzene rings is 2. The topological polar surface area (TPSA) is 106 Å². The van der Waals surface area contributed by atoms with Crippen LogP contribution in [-0.2, 0) is 4.74 Å². The van der Waals surface area contributed by atoms with Crippen molar-refractivity contribution < 1.29 is 14.5 Å². The zero-order chi connectivity index (χ0) is 18.2. The molecule has 2 rings (SSSR count). The molecule has 0 aliphatic rings. The summed E-state index contributed by atoms with van der Waals surface area (Å²) in [4.78, 5) is 21.8. The van der Waals surface area contributed by atoms with E-state index < -0.39 is 10.9 Å². The molecule has 2 aromatic rings. The average molecular weight is 358 g/mol. The van der Waals surface area contributed by atoms with Crippen LogP contribution in [0.1, 0.15) is 15.9 Å². The Hall–Kier alpha value is -3.33. The lowest BCUT2D eigenvalue weighted by molar-refractivity contribution is -0.385. The number of carbonyl (C=O) groups excluding carboxylic acids is 1. The third-order valence-electron chi connectivity index (χ3n) is 3.07. The number of nitrogens with zero attached hydrogens (tertiary/aromatic N) is 2. The second-order valence-electron chi connectivity index (χ2n) is 4.71. The molecule has 0 heterocycles. The molecule has 0 saturated heterocycles. The SMILES string of the molecule is COC(=O)c1ccc(NC(=S)NN=Cc2ccccc2[N+](=O)[O-])cc1. The molecule has 0 radical (unpaired) electrons. The van der Waals surface area contributed by atoms with E-state index in [4.69, 9.17) is 12.2 Å². The monoisotopic (exact) mass is 358 g/mol. The minimum Gasteiger partial charge on any atom is -0.465 e. The molecule has 25 heavy (non-hydrogen) atoms. The third-order valence-corrected chi connectivity index (χ3v) is 3.26. The molecule has 2 aromatic carbocycles. The van der Waals surface area contributed by atoms with Gasteiger partial charge in [0.15, 0.2) is 5.11 Å². The van der Waals surface area contributed by atoms with E-state index in [9.17, 15) is 14.9 Å². The first-order chi connectivity index (χ1) is 12.0. The van der Waals surface area contributed by atoms with Crippen LogP contribution < -0.4 is 10.7 Å². The molecule has 128 valence electrons. The molecular formula is C16H14N4O4S. The van der Waals surface area contributed by atoms with E-state index in [0.29, 0.717) is 16.8 Å². The summed E-state index contributed by atoms with van der Waals surface area (Å²) in [5.74, 6) is -0.429. The number of hydrogen-bond donors (Lipinski definition) is 2. The lowest BCUT2D eigenvalue weighted by atomic mass is 10.2. The summed E-state index contributed by atoms with van der Waals surface area (Å²) in [5, 5.41) is 17.9. The molecule has 0 amide bonds. The summed E-state index contributed by atoms with van der Waals surface area (Å²) in [6, 6.07) is 12.7. The van der Waals surface area contributed by atoms with Gasteiger partial charge >= 0.3 is 5.97 Å². The van der Waals surface area contributed by atoms with Crippen LogP contribution in [-0.4, -0.2) is 29.3 Å². The van der Waals surface area contributed by atoms with Crippen LogP contribution in [0, 0.1) is 10.1 Å². The van der Waals surface area contributed by atoms with Crippen LogP contribution in [0.4, 0.5) is 11.4 Å². The molecule has 2 N–H and O–H groups in total. The minimum atomic E-state index is -0.485. The molecule has 0 spiro atoms. The lowest BCUT2D eigenvalue weighted by Gasteiger charge is -2.07. The highest BCUT2D eigenvalue weighted by molar-refractivity contribution is 7.80. The minimum absolute atomic E-state index is 0.0506. The number of ether oxygens (including phenoxy) is 1. The van der Waals surface area contributed by atoms with E-state index in [2.05, 4.69) is 20.6 Å². The summed E-state index contributed by atoms with van der Waals surface area (Å²) in [5.41, 5.74) is 3.93. The molecule has 9 heteroatoms. The van der Waals surface area contributed by atoms with Gasteiger partial charge < -0.3 is 10.1 Å². The highest BCUT2D eigenvalue weighted by Crippen LogP contribution is 2.15. The van der Waals surface area contributed by atoms with E-state index in [0.717, 1.165) is 0 Å².